The van der Waals surface area contributed by atoms with Crippen LogP contribution < -0.4 is 5.32 Å². The van der Waals surface area contributed by atoms with E-state index in [1.807, 2.05) is 12.1 Å². The average molecular weight is 274 g/mol. The molecule has 1 aromatic heterocycles. The lowest BCUT2D eigenvalue weighted by Crippen LogP contribution is -2.14. The summed E-state index contributed by atoms with van der Waals surface area (Å²) in [5.74, 6) is 0.349. The van der Waals surface area contributed by atoms with Gasteiger partial charge in [0.25, 0.3) is 0 Å². The Hall–Kier alpha value is -1.48. The lowest BCUT2D eigenvalue weighted by Gasteiger charge is -2.08. The fourth-order valence-corrected chi connectivity index (χ4v) is 2.76. The minimum Gasteiger partial charge on any atom is -0.508 e. The summed E-state index contributed by atoms with van der Waals surface area (Å²) < 4.78 is 2.39. The van der Waals surface area contributed by atoms with Gasteiger partial charge in [0.1, 0.15) is 5.75 Å². The first kappa shape index (κ1) is 14.9. The van der Waals surface area contributed by atoms with Gasteiger partial charge >= 0.3 is 0 Å². The minimum atomic E-state index is 0.349. The monoisotopic (exact) mass is 274 g/mol. The van der Waals surface area contributed by atoms with Crippen LogP contribution in [0.2, 0.25) is 0 Å². The molecular weight excluding hydrogens is 248 g/mol. The molecule has 0 saturated heterocycles. The number of aryl methyl sites for hydroxylation is 1. The third kappa shape index (κ3) is 2.98. The zero-order valence-electron chi connectivity index (χ0n) is 12.9. The Bertz CT molecular complexity index is 572. The topological polar surface area (TPSA) is 37.2 Å². The number of nitrogens with zero attached hydrogens (tertiary/aromatic N) is 1. The van der Waals surface area contributed by atoms with Gasteiger partial charge in [-0.05, 0) is 50.1 Å². The molecule has 0 amide bonds. The molecule has 1 aromatic carbocycles. The highest BCUT2D eigenvalue weighted by Gasteiger charge is 2.13. The van der Waals surface area contributed by atoms with Gasteiger partial charge in [0.2, 0.25) is 0 Å². The fraction of sp³-hybridized carbons (Fsp3) is 0.529. The molecule has 0 fully saturated rings. The number of phenols is 1. The molecule has 0 spiro atoms. The van der Waals surface area contributed by atoms with Crippen LogP contribution in [0.3, 0.4) is 0 Å². The number of aromatic nitrogens is 1. The van der Waals surface area contributed by atoms with Crippen LogP contribution in [0.1, 0.15) is 44.4 Å². The highest BCUT2D eigenvalue weighted by atomic mass is 16.3. The van der Waals surface area contributed by atoms with Crippen LogP contribution in [0.4, 0.5) is 0 Å². The van der Waals surface area contributed by atoms with Crippen LogP contribution in [0, 0.1) is 6.92 Å². The third-order valence-electron chi connectivity index (χ3n) is 3.90. The van der Waals surface area contributed by atoms with Crippen molar-refractivity contribution < 1.29 is 5.11 Å². The van der Waals surface area contributed by atoms with Crippen LogP contribution in [0.15, 0.2) is 18.2 Å². The van der Waals surface area contributed by atoms with Crippen LogP contribution in [0.25, 0.3) is 10.9 Å². The molecule has 3 nitrogen and oxygen atoms in total. The lowest BCUT2D eigenvalue weighted by molar-refractivity contribution is 0.476. The van der Waals surface area contributed by atoms with E-state index >= 15 is 0 Å². The normalized spacial score (nSPS) is 11.3. The highest BCUT2D eigenvalue weighted by molar-refractivity contribution is 5.86. The first-order valence-electron chi connectivity index (χ1n) is 7.70. The predicted molar refractivity (Wildman–Crippen MR) is 85.2 cm³/mol. The Kier molecular flexibility index (Phi) is 5.07. The molecule has 0 unspecified atom stereocenters. The molecule has 0 atom stereocenters. The second-order valence-electron chi connectivity index (χ2n) is 5.45. The SMILES string of the molecule is CCCCn1c(C)c(CNCCC)c2cc(O)ccc21. The number of unbranched alkanes of at least 4 members (excludes halogenated alkanes) is 1. The molecule has 20 heavy (non-hydrogen) atoms. The van der Waals surface area contributed by atoms with Crippen molar-refractivity contribution in [3.05, 3.63) is 29.5 Å². The molecule has 110 valence electrons. The maximum absolute atomic E-state index is 9.77. The Morgan fingerprint density at radius 3 is 2.70 bits per heavy atom. The summed E-state index contributed by atoms with van der Waals surface area (Å²) in [6, 6.07) is 5.72. The zero-order valence-corrected chi connectivity index (χ0v) is 12.9. The largest absolute Gasteiger partial charge is 0.508 e. The van der Waals surface area contributed by atoms with E-state index in [0.29, 0.717) is 5.75 Å². The highest BCUT2D eigenvalue weighted by Crippen LogP contribution is 2.29. The van der Waals surface area contributed by atoms with Crippen molar-refractivity contribution >= 4 is 10.9 Å². The zero-order chi connectivity index (χ0) is 14.5. The first-order chi connectivity index (χ1) is 9.69. The molecule has 0 bridgehead atoms. The van der Waals surface area contributed by atoms with Gasteiger partial charge in [0.15, 0.2) is 0 Å². The number of nitrogens with one attached hydrogen (secondary N) is 1. The smallest absolute Gasteiger partial charge is 0.116 e. The average Bonchev–Trinajstić information content (AvgIpc) is 2.69. The summed E-state index contributed by atoms with van der Waals surface area (Å²) in [6.07, 6.45) is 3.52. The number of benzene rings is 1. The van der Waals surface area contributed by atoms with Gasteiger partial charge in [-0.2, -0.15) is 0 Å². The second kappa shape index (κ2) is 6.80. The van der Waals surface area contributed by atoms with Gasteiger partial charge in [0, 0.05) is 29.7 Å². The van der Waals surface area contributed by atoms with Gasteiger partial charge in [-0.3, -0.25) is 0 Å². The lowest BCUT2D eigenvalue weighted by atomic mass is 10.1. The fourth-order valence-electron chi connectivity index (χ4n) is 2.76. The number of rotatable bonds is 7. The van der Waals surface area contributed by atoms with Crippen LogP contribution >= 0.6 is 0 Å². The summed E-state index contributed by atoms with van der Waals surface area (Å²) in [4.78, 5) is 0. The first-order valence-corrected chi connectivity index (χ1v) is 7.70. The molecule has 0 saturated carbocycles. The maximum atomic E-state index is 9.77. The van der Waals surface area contributed by atoms with Crippen molar-refractivity contribution in [3.8, 4) is 5.75 Å². The van der Waals surface area contributed by atoms with Gasteiger partial charge in [0.05, 0.1) is 0 Å². The van der Waals surface area contributed by atoms with E-state index < -0.39 is 0 Å². The van der Waals surface area contributed by atoms with Crippen molar-refractivity contribution in [2.45, 2.75) is 53.1 Å². The molecule has 0 radical (unpaired) electrons. The molecule has 0 aliphatic carbocycles. The maximum Gasteiger partial charge on any atom is 0.116 e. The Labute approximate surface area is 121 Å². The van der Waals surface area contributed by atoms with Gasteiger partial charge in [-0.1, -0.05) is 20.3 Å². The Morgan fingerprint density at radius 1 is 1.20 bits per heavy atom. The van der Waals surface area contributed by atoms with Gasteiger partial charge in [-0.25, -0.2) is 0 Å². The molecular formula is C17H26N2O. The quantitative estimate of drug-likeness (QED) is 0.750. The minimum absolute atomic E-state index is 0.349. The molecule has 0 aliphatic heterocycles. The van der Waals surface area contributed by atoms with Crippen LogP contribution in [-0.4, -0.2) is 16.2 Å². The van der Waals surface area contributed by atoms with Crippen LogP contribution in [-0.2, 0) is 13.1 Å². The summed E-state index contributed by atoms with van der Waals surface area (Å²) in [5.41, 5.74) is 3.88. The number of fused-ring (bicyclic) bond motifs is 1. The van der Waals surface area contributed by atoms with E-state index in [1.54, 1.807) is 6.07 Å². The second-order valence-corrected chi connectivity index (χ2v) is 5.45. The van der Waals surface area contributed by atoms with Crippen molar-refractivity contribution in [1.82, 2.24) is 9.88 Å². The summed E-state index contributed by atoms with van der Waals surface area (Å²) in [7, 11) is 0. The summed E-state index contributed by atoms with van der Waals surface area (Å²) >= 11 is 0. The van der Waals surface area contributed by atoms with Crippen molar-refractivity contribution in [1.29, 1.82) is 0 Å². The van der Waals surface area contributed by atoms with E-state index in [1.165, 1.54) is 35.0 Å². The standard InChI is InChI=1S/C17H26N2O/c1-4-6-10-19-13(3)16(12-18-9-5-2)15-11-14(20)7-8-17(15)19/h7-8,11,18,20H,4-6,9-10,12H2,1-3H3. The summed E-state index contributed by atoms with van der Waals surface area (Å²) in [5, 5.41) is 14.4. The van der Waals surface area contributed by atoms with E-state index in [4.69, 9.17) is 0 Å². The molecule has 2 rings (SSSR count). The van der Waals surface area contributed by atoms with E-state index in [-0.39, 0.29) is 0 Å². The molecule has 3 heteroatoms. The van der Waals surface area contributed by atoms with Crippen molar-refractivity contribution in [2.24, 2.45) is 0 Å². The van der Waals surface area contributed by atoms with E-state index in [9.17, 15) is 5.11 Å². The Balaban J connectivity index is 2.42. The van der Waals surface area contributed by atoms with Crippen molar-refractivity contribution in [2.75, 3.05) is 6.54 Å². The van der Waals surface area contributed by atoms with Gasteiger partial charge in [-0.15, -0.1) is 0 Å². The molecule has 2 N–H and O–H groups in total. The number of hydrogen-bond donors (Lipinski definition) is 2. The van der Waals surface area contributed by atoms with Crippen molar-refractivity contribution in [3.63, 3.8) is 0 Å². The third-order valence-corrected chi connectivity index (χ3v) is 3.90. The Morgan fingerprint density at radius 2 is 2.00 bits per heavy atom. The summed E-state index contributed by atoms with van der Waals surface area (Å²) in [6.45, 7) is 9.54. The number of aromatic hydroxyl groups is 1. The predicted octanol–water partition coefficient (Wildman–Crippen LogP) is 3.96. The number of phenolic OH excluding ortho intramolecular Hbond substituents is 1. The van der Waals surface area contributed by atoms with E-state index in [0.717, 1.165) is 26.1 Å². The molecule has 1 heterocycles. The number of hydrogen-bond acceptors (Lipinski definition) is 2. The van der Waals surface area contributed by atoms with Crippen LogP contribution in [0.5, 0.6) is 5.75 Å². The van der Waals surface area contributed by atoms with E-state index in [2.05, 4.69) is 30.7 Å². The molecule has 0 aliphatic rings. The molecule has 2 aromatic rings. The van der Waals surface area contributed by atoms with Gasteiger partial charge < -0.3 is 15.0 Å².